The molecule has 7 heteroatoms. The van der Waals surface area contributed by atoms with E-state index >= 15 is 0 Å². The van der Waals surface area contributed by atoms with Gasteiger partial charge in [0.15, 0.2) is 5.69 Å². The van der Waals surface area contributed by atoms with Crippen molar-refractivity contribution >= 4 is 11.8 Å². The van der Waals surface area contributed by atoms with E-state index in [1.807, 2.05) is 35.9 Å². The number of aromatic nitrogens is 4. The average Bonchev–Trinajstić information content (AvgIpc) is 3.15. The highest BCUT2D eigenvalue weighted by molar-refractivity contribution is 5.94. The number of pyridine rings is 1. The number of carbonyl (C=O) groups is 2. The molecule has 30 heavy (non-hydrogen) atoms. The smallest absolute Gasteiger partial charge is 0.355 e. The Labute approximate surface area is 175 Å². The highest BCUT2D eigenvalue weighted by atomic mass is 16.4. The molecular weight excluding hydrogens is 380 g/mol. The summed E-state index contributed by atoms with van der Waals surface area (Å²) in [6.07, 6.45) is 5.24. The normalized spacial score (nSPS) is 10.9. The van der Waals surface area contributed by atoms with Crippen molar-refractivity contribution in [3.05, 3.63) is 65.5 Å². The molecule has 1 N–H and O–H groups in total. The number of carboxylic acid groups (broad SMARTS) is 1. The third kappa shape index (κ3) is 4.97. The van der Waals surface area contributed by atoms with Crippen molar-refractivity contribution in [2.75, 3.05) is 0 Å². The average molecular weight is 406 g/mol. The van der Waals surface area contributed by atoms with Gasteiger partial charge in [-0.1, -0.05) is 50.6 Å². The van der Waals surface area contributed by atoms with Gasteiger partial charge in [-0.2, -0.15) is 0 Å². The summed E-state index contributed by atoms with van der Waals surface area (Å²) in [5, 5.41) is 13.8. The lowest BCUT2D eigenvalue weighted by atomic mass is 10.0. The van der Waals surface area contributed by atoms with Crippen molar-refractivity contribution in [1.82, 2.24) is 19.7 Å². The van der Waals surface area contributed by atoms with E-state index in [0.717, 1.165) is 42.8 Å². The number of hydrogen-bond donors (Lipinski definition) is 1. The maximum Gasteiger partial charge on any atom is 0.355 e. The van der Waals surface area contributed by atoms with Crippen LogP contribution in [0.2, 0.25) is 0 Å². The summed E-state index contributed by atoms with van der Waals surface area (Å²) in [5.41, 5.74) is 2.41. The lowest BCUT2D eigenvalue weighted by Crippen LogP contribution is -2.07. The molecule has 3 rings (SSSR count). The summed E-state index contributed by atoms with van der Waals surface area (Å²) in [6.45, 7) is 4.81. The van der Waals surface area contributed by atoms with Crippen molar-refractivity contribution in [2.45, 2.75) is 52.5 Å². The SMILES string of the molecule is CCCCn1nc(C(=O)CCC)nc1Cc1ccc(-c2cccnc2C(=O)O)cc1. The number of aryl methyl sites for hydroxylation is 1. The number of carboxylic acids is 1. The van der Waals surface area contributed by atoms with E-state index in [1.165, 1.54) is 6.20 Å². The molecular formula is C23H26N4O3. The number of aromatic carboxylic acids is 1. The van der Waals surface area contributed by atoms with Crippen LogP contribution in [-0.2, 0) is 13.0 Å². The Balaban J connectivity index is 1.84. The number of carbonyl (C=O) groups excluding carboxylic acids is 1. The predicted octanol–water partition coefficient (Wildman–Crippen LogP) is 4.41. The van der Waals surface area contributed by atoms with Crippen molar-refractivity contribution in [1.29, 1.82) is 0 Å². The lowest BCUT2D eigenvalue weighted by molar-refractivity contribution is 0.0691. The Kier molecular flexibility index (Phi) is 7.06. The molecule has 0 spiro atoms. The first-order chi connectivity index (χ1) is 14.5. The number of nitrogens with zero attached hydrogens (tertiary/aromatic N) is 4. The van der Waals surface area contributed by atoms with E-state index < -0.39 is 5.97 Å². The Morgan fingerprint density at radius 1 is 1.07 bits per heavy atom. The van der Waals surface area contributed by atoms with Gasteiger partial charge >= 0.3 is 5.97 Å². The number of benzene rings is 1. The van der Waals surface area contributed by atoms with E-state index in [1.54, 1.807) is 12.1 Å². The van der Waals surface area contributed by atoms with Crippen LogP contribution in [0, 0.1) is 0 Å². The highest BCUT2D eigenvalue weighted by Gasteiger charge is 2.17. The van der Waals surface area contributed by atoms with Gasteiger partial charge in [0, 0.05) is 31.1 Å². The van der Waals surface area contributed by atoms with Crippen LogP contribution in [0.5, 0.6) is 0 Å². The zero-order valence-electron chi connectivity index (χ0n) is 17.3. The Morgan fingerprint density at radius 3 is 2.50 bits per heavy atom. The van der Waals surface area contributed by atoms with Crippen molar-refractivity contribution in [3.8, 4) is 11.1 Å². The summed E-state index contributed by atoms with van der Waals surface area (Å²) in [6, 6.07) is 11.1. The van der Waals surface area contributed by atoms with Crippen LogP contribution in [-0.4, -0.2) is 36.6 Å². The van der Waals surface area contributed by atoms with Gasteiger partial charge in [0.25, 0.3) is 0 Å². The van der Waals surface area contributed by atoms with Gasteiger partial charge in [-0.05, 0) is 30.0 Å². The molecule has 2 aromatic heterocycles. The third-order valence-electron chi connectivity index (χ3n) is 4.84. The molecule has 0 fully saturated rings. The zero-order valence-corrected chi connectivity index (χ0v) is 17.3. The van der Waals surface area contributed by atoms with Gasteiger partial charge in [0.2, 0.25) is 11.6 Å². The van der Waals surface area contributed by atoms with Gasteiger partial charge in [-0.15, -0.1) is 5.10 Å². The largest absolute Gasteiger partial charge is 0.476 e. The maximum absolute atomic E-state index is 12.2. The first-order valence-corrected chi connectivity index (χ1v) is 10.3. The molecule has 0 radical (unpaired) electrons. The molecule has 0 aliphatic carbocycles. The second-order valence-corrected chi connectivity index (χ2v) is 7.18. The van der Waals surface area contributed by atoms with E-state index in [-0.39, 0.29) is 11.5 Å². The molecule has 0 bridgehead atoms. The first kappa shape index (κ1) is 21.4. The van der Waals surface area contributed by atoms with Crippen LogP contribution in [0.4, 0.5) is 0 Å². The quantitative estimate of drug-likeness (QED) is 0.501. The molecule has 2 heterocycles. The number of hydrogen-bond acceptors (Lipinski definition) is 5. The fourth-order valence-electron chi connectivity index (χ4n) is 3.24. The number of unbranched alkanes of at least 4 members (excludes halogenated alkanes) is 1. The van der Waals surface area contributed by atoms with Gasteiger partial charge < -0.3 is 5.11 Å². The topological polar surface area (TPSA) is 98.0 Å². The fourth-order valence-corrected chi connectivity index (χ4v) is 3.24. The predicted molar refractivity (Wildman–Crippen MR) is 114 cm³/mol. The molecule has 3 aromatic rings. The van der Waals surface area contributed by atoms with Gasteiger partial charge in [-0.25, -0.2) is 19.4 Å². The molecule has 0 unspecified atom stereocenters. The standard InChI is InChI=1S/C23H26N4O3/c1-3-5-14-27-20(25-22(26-27)19(28)7-4-2)15-16-9-11-17(12-10-16)18-8-6-13-24-21(18)23(29)30/h6,8-13H,3-5,7,14-15H2,1-2H3,(H,29,30). The molecule has 0 aliphatic heterocycles. The van der Waals surface area contributed by atoms with Crippen LogP contribution >= 0.6 is 0 Å². The van der Waals surface area contributed by atoms with Gasteiger partial charge in [0.1, 0.15) is 5.82 Å². The molecule has 0 amide bonds. The summed E-state index contributed by atoms with van der Waals surface area (Å²) >= 11 is 0. The first-order valence-electron chi connectivity index (χ1n) is 10.3. The molecule has 156 valence electrons. The highest BCUT2D eigenvalue weighted by Crippen LogP contribution is 2.23. The lowest BCUT2D eigenvalue weighted by Gasteiger charge is -2.08. The molecule has 0 aliphatic rings. The van der Waals surface area contributed by atoms with Crippen LogP contribution in [0.25, 0.3) is 11.1 Å². The second kappa shape index (κ2) is 9.91. The number of rotatable bonds is 10. The van der Waals surface area contributed by atoms with E-state index in [2.05, 4.69) is 22.0 Å². The van der Waals surface area contributed by atoms with E-state index in [4.69, 9.17) is 0 Å². The summed E-state index contributed by atoms with van der Waals surface area (Å²) in [4.78, 5) is 32.1. The van der Waals surface area contributed by atoms with Crippen molar-refractivity contribution in [3.63, 3.8) is 0 Å². The maximum atomic E-state index is 12.2. The van der Waals surface area contributed by atoms with Crippen molar-refractivity contribution in [2.24, 2.45) is 0 Å². The zero-order chi connectivity index (χ0) is 21.5. The molecule has 0 atom stereocenters. The number of Topliss-reactive ketones (excluding diaryl/α,β-unsaturated/α-hetero) is 1. The summed E-state index contributed by atoms with van der Waals surface area (Å²) in [7, 11) is 0. The molecule has 7 nitrogen and oxygen atoms in total. The van der Waals surface area contributed by atoms with Crippen LogP contribution in [0.15, 0.2) is 42.6 Å². The minimum Gasteiger partial charge on any atom is -0.476 e. The second-order valence-electron chi connectivity index (χ2n) is 7.18. The van der Waals surface area contributed by atoms with Crippen LogP contribution in [0.3, 0.4) is 0 Å². The number of ketones is 1. The third-order valence-corrected chi connectivity index (χ3v) is 4.84. The fraction of sp³-hybridized carbons (Fsp3) is 0.348. The minimum atomic E-state index is -1.05. The Hall–Kier alpha value is -3.35. The summed E-state index contributed by atoms with van der Waals surface area (Å²) in [5.74, 6) is -0.0191. The summed E-state index contributed by atoms with van der Waals surface area (Å²) < 4.78 is 1.84. The monoisotopic (exact) mass is 406 g/mol. The van der Waals surface area contributed by atoms with Crippen LogP contribution < -0.4 is 0 Å². The minimum absolute atomic E-state index is 0.0258. The van der Waals surface area contributed by atoms with Crippen molar-refractivity contribution < 1.29 is 14.7 Å². The van der Waals surface area contributed by atoms with Gasteiger partial charge in [0.05, 0.1) is 0 Å². The molecule has 1 aromatic carbocycles. The Bertz CT molecular complexity index is 1030. The van der Waals surface area contributed by atoms with E-state index in [9.17, 15) is 14.7 Å². The molecule has 0 saturated heterocycles. The van der Waals surface area contributed by atoms with Gasteiger partial charge in [-0.3, -0.25) is 4.79 Å². The Morgan fingerprint density at radius 2 is 1.83 bits per heavy atom. The van der Waals surface area contributed by atoms with E-state index in [0.29, 0.717) is 24.2 Å². The van der Waals surface area contributed by atoms with Crippen LogP contribution in [0.1, 0.15) is 72.0 Å². The molecule has 0 saturated carbocycles.